The summed E-state index contributed by atoms with van der Waals surface area (Å²) >= 11 is 6.00. The van der Waals surface area contributed by atoms with Crippen LogP contribution < -0.4 is 15.0 Å². The Balaban J connectivity index is 1.32. The SMILES string of the molecule is Cc1cc(OCCCC(=O)NC2CCN(c3ncccn3)CC2)ccc1Cl. The van der Waals surface area contributed by atoms with Crippen molar-refractivity contribution in [3.05, 3.63) is 47.2 Å². The number of aryl methyl sites for hydroxylation is 1. The molecule has 1 aliphatic rings. The molecular formula is C20H25ClN4O2. The highest BCUT2D eigenvalue weighted by Crippen LogP contribution is 2.21. The van der Waals surface area contributed by atoms with Gasteiger partial charge in [0.05, 0.1) is 6.61 Å². The summed E-state index contributed by atoms with van der Waals surface area (Å²) in [6.07, 6.45) is 6.47. The normalized spacial score (nSPS) is 14.8. The third kappa shape index (κ3) is 5.82. The van der Waals surface area contributed by atoms with Gasteiger partial charge in [-0.25, -0.2) is 9.97 Å². The lowest BCUT2D eigenvalue weighted by Gasteiger charge is -2.32. The first-order valence-corrected chi connectivity index (χ1v) is 9.70. The number of piperidine rings is 1. The average molecular weight is 389 g/mol. The molecule has 6 nitrogen and oxygen atoms in total. The molecule has 1 fully saturated rings. The highest BCUT2D eigenvalue weighted by Gasteiger charge is 2.21. The minimum Gasteiger partial charge on any atom is -0.494 e. The molecule has 1 aromatic carbocycles. The van der Waals surface area contributed by atoms with Gasteiger partial charge in [-0.05, 0) is 56.0 Å². The van der Waals surface area contributed by atoms with E-state index in [2.05, 4.69) is 20.2 Å². The van der Waals surface area contributed by atoms with E-state index in [9.17, 15) is 4.79 Å². The van der Waals surface area contributed by atoms with Gasteiger partial charge in [-0.2, -0.15) is 0 Å². The maximum Gasteiger partial charge on any atom is 0.225 e. The maximum absolute atomic E-state index is 12.2. The first kappa shape index (κ1) is 19.4. The van der Waals surface area contributed by atoms with E-state index in [1.54, 1.807) is 12.4 Å². The summed E-state index contributed by atoms with van der Waals surface area (Å²) in [4.78, 5) is 22.9. The number of benzene rings is 1. The molecule has 1 saturated heterocycles. The van der Waals surface area contributed by atoms with Crippen LogP contribution in [0.4, 0.5) is 5.95 Å². The van der Waals surface area contributed by atoms with Crippen LogP contribution in [0.3, 0.4) is 0 Å². The van der Waals surface area contributed by atoms with Crippen molar-refractivity contribution in [2.75, 3.05) is 24.6 Å². The van der Waals surface area contributed by atoms with Crippen molar-refractivity contribution >= 4 is 23.5 Å². The number of ether oxygens (including phenoxy) is 1. The summed E-state index contributed by atoms with van der Waals surface area (Å²) in [5.41, 5.74) is 0.985. The Bertz CT molecular complexity index is 749. The molecule has 0 radical (unpaired) electrons. The first-order chi connectivity index (χ1) is 13.1. The molecule has 0 spiro atoms. The molecule has 1 aliphatic heterocycles. The van der Waals surface area contributed by atoms with Gasteiger partial charge >= 0.3 is 0 Å². The monoisotopic (exact) mass is 388 g/mol. The van der Waals surface area contributed by atoms with Gasteiger partial charge in [0.15, 0.2) is 0 Å². The third-order valence-corrected chi connectivity index (χ3v) is 5.07. The molecule has 2 aromatic rings. The van der Waals surface area contributed by atoms with Crippen molar-refractivity contribution in [2.24, 2.45) is 0 Å². The number of amides is 1. The highest BCUT2D eigenvalue weighted by molar-refractivity contribution is 6.31. The van der Waals surface area contributed by atoms with Crippen molar-refractivity contribution in [3.63, 3.8) is 0 Å². The maximum atomic E-state index is 12.2. The molecule has 2 heterocycles. The Hall–Kier alpha value is -2.34. The smallest absolute Gasteiger partial charge is 0.225 e. The molecule has 1 N–H and O–H groups in total. The van der Waals surface area contributed by atoms with Crippen LogP contribution in [0.2, 0.25) is 5.02 Å². The third-order valence-electron chi connectivity index (χ3n) is 4.64. The molecule has 7 heteroatoms. The summed E-state index contributed by atoms with van der Waals surface area (Å²) in [7, 11) is 0. The lowest BCUT2D eigenvalue weighted by atomic mass is 10.1. The number of hydrogen-bond donors (Lipinski definition) is 1. The minimum atomic E-state index is 0.0836. The van der Waals surface area contributed by atoms with Crippen molar-refractivity contribution in [1.29, 1.82) is 0 Å². The largest absolute Gasteiger partial charge is 0.494 e. The minimum absolute atomic E-state index is 0.0836. The molecule has 0 bridgehead atoms. The standard InChI is InChI=1S/C20H25ClN4O2/c1-15-14-17(5-6-18(15)21)27-13-2-4-19(26)24-16-7-11-25(12-8-16)20-22-9-3-10-23-20/h3,5-6,9-10,14,16H,2,4,7-8,11-13H2,1H3,(H,24,26). The van der Waals surface area contributed by atoms with E-state index >= 15 is 0 Å². The van der Waals surface area contributed by atoms with Gasteiger partial charge in [0.2, 0.25) is 11.9 Å². The van der Waals surface area contributed by atoms with Gasteiger partial charge in [-0.15, -0.1) is 0 Å². The summed E-state index contributed by atoms with van der Waals surface area (Å²) in [6.45, 7) is 4.16. The van der Waals surface area contributed by atoms with Crippen molar-refractivity contribution in [1.82, 2.24) is 15.3 Å². The van der Waals surface area contributed by atoms with Crippen molar-refractivity contribution in [3.8, 4) is 5.75 Å². The fraction of sp³-hybridized carbons (Fsp3) is 0.450. The summed E-state index contributed by atoms with van der Waals surface area (Å²) in [5.74, 6) is 1.63. The Morgan fingerprint density at radius 1 is 1.30 bits per heavy atom. The van der Waals surface area contributed by atoms with E-state index in [0.717, 1.165) is 48.2 Å². The van der Waals surface area contributed by atoms with Crippen LogP contribution >= 0.6 is 11.6 Å². The quantitative estimate of drug-likeness (QED) is 0.736. The molecule has 0 aliphatic carbocycles. The van der Waals surface area contributed by atoms with Crippen LogP contribution in [0.15, 0.2) is 36.7 Å². The second-order valence-corrected chi connectivity index (χ2v) is 7.15. The molecule has 27 heavy (non-hydrogen) atoms. The number of carbonyl (C=O) groups is 1. The van der Waals surface area contributed by atoms with E-state index in [4.69, 9.17) is 16.3 Å². The summed E-state index contributed by atoms with van der Waals surface area (Å²) in [6, 6.07) is 7.61. The topological polar surface area (TPSA) is 67.3 Å². The van der Waals surface area contributed by atoms with Crippen LogP contribution in [0.5, 0.6) is 5.75 Å². The lowest BCUT2D eigenvalue weighted by molar-refractivity contribution is -0.122. The number of carbonyl (C=O) groups excluding carboxylic acids is 1. The van der Waals surface area contributed by atoms with E-state index < -0.39 is 0 Å². The number of aromatic nitrogens is 2. The fourth-order valence-electron chi connectivity index (χ4n) is 3.11. The van der Waals surface area contributed by atoms with Gasteiger partial charge in [0, 0.05) is 43.0 Å². The van der Waals surface area contributed by atoms with Gasteiger partial charge in [0.1, 0.15) is 5.75 Å². The molecule has 0 saturated carbocycles. The molecule has 0 unspecified atom stereocenters. The predicted molar refractivity (Wildman–Crippen MR) is 106 cm³/mol. The molecule has 3 rings (SSSR count). The van der Waals surface area contributed by atoms with E-state index in [1.807, 2.05) is 31.2 Å². The average Bonchev–Trinajstić information content (AvgIpc) is 2.69. The molecule has 1 aromatic heterocycles. The van der Waals surface area contributed by atoms with E-state index in [1.165, 1.54) is 0 Å². The number of hydrogen-bond acceptors (Lipinski definition) is 5. The zero-order chi connectivity index (χ0) is 19.1. The number of nitrogens with one attached hydrogen (secondary N) is 1. The van der Waals surface area contributed by atoms with Crippen molar-refractivity contribution < 1.29 is 9.53 Å². The van der Waals surface area contributed by atoms with Gasteiger partial charge in [-0.3, -0.25) is 4.79 Å². The van der Waals surface area contributed by atoms with Crippen LogP contribution in [-0.4, -0.2) is 41.6 Å². The molecular weight excluding hydrogens is 364 g/mol. The summed E-state index contributed by atoms with van der Waals surface area (Å²) < 4.78 is 5.69. The Morgan fingerprint density at radius 3 is 2.74 bits per heavy atom. The van der Waals surface area contributed by atoms with E-state index in [0.29, 0.717) is 19.4 Å². The van der Waals surface area contributed by atoms with Crippen LogP contribution in [-0.2, 0) is 4.79 Å². The number of rotatable bonds is 7. The second kappa shape index (κ2) is 9.55. The van der Waals surface area contributed by atoms with Gasteiger partial charge < -0.3 is 15.0 Å². The van der Waals surface area contributed by atoms with Gasteiger partial charge in [0.25, 0.3) is 0 Å². The number of halogens is 1. The van der Waals surface area contributed by atoms with Crippen LogP contribution in [0.1, 0.15) is 31.2 Å². The van der Waals surface area contributed by atoms with Gasteiger partial charge in [-0.1, -0.05) is 11.6 Å². The molecule has 0 atom stereocenters. The van der Waals surface area contributed by atoms with E-state index in [-0.39, 0.29) is 11.9 Å². The van der Waals surface area contributed by atoms with Crippen LogP contribution in [0, 0.1) is 6.92 Å². The fourth-order valence-corrected chi connectivity index (χ4v) is 3.23. The zero-order valence-electron chi connectivity index (χ0n) is 15.5. The zero-order valence-corrected chi connectivity index (χ0v) is 16.3. The predicted octanol–water partition coefficient (Wildman–Crippen LogP) is 3.38. The Morgan fingerprint density at radius 2 is 2.04 bits per heavy atom. The highest BCUT2D eigenvalue weighted by atomic mass is 35.5. The lowest BCUT2D eigenvalue weighted by Crippen LogP contribution is -2.45. The first-order valence-electron chi connectivity index (χ1n) is 9.32. The van der Waals surface area contributed by atoms with Crippen molar-refractivity contribution in [2.45, 2.75) is 38.6 Å². The number of anilines is 1. The second-order valence-electron chi connectivity index (χ2n) is 6.74. The number of nitrogens with zero attached hydrogens (tertiary/aromatic N) is 3. The summed E-state index contributed by atoms with van der Waals surface area (Å²) in [5, 5.41) is 3.86. The van der Waals surface area contributed by atoms with Crippen LogP contribution in [0.25, 0.3) is 0 Å². The molecule has 144 valence electrons. The Labute approximate surface area is 164 Å². The molecule has 1 amide bonds. The Kier molecular flexibility index (Phi) is 6.87.